The van der Waals surface area contributed by atoms with Crippen LogP contribution in [0, 0.1) is 0 Å². The molecule has 2 aromatic rings. The van der Waals surface area contributed by atoms with Crippen LogP contribution in [0.1, 0.15) is 26.2 Å². The lowest BCUT2D eigenvalue weighted by Crippen LogP contribution is -2.25. The van der Waals surface area contributed by atoms with Gasteiger partial charge in [-0.15, -0.1) is 0 Å². The second-order valence-corrected chi connectivity index (χ2v) is 5.66. The predicted octanol–water partition coefficient (Wildman–Crippen LogP) is 2.34. The molecule has 2 N–H and O–H groups in total. The Morgan fingerprint density at radius 3 is 2.72 bits per heavy atom. The minimum Gasteiger partial charge on any atom is -0.497 e. The molecule has 0 atom stereocenters. The first kappa shape index (κ1) is 18.5. The summed E-state index contributed by atoms with van der Waals surface area (Å²) in [6.45, 7) is 2.61. The van der Waals surface area contributed by atoms with E-state index in [2.05, 4.69) is 15.6 Å². The normalized spacial score (nSPS) is 10.4. The summed E-state index contributed by atoms with van der Waals surface area (Å²) in [5, 5.41) is 5.49. The zero-order valence-corrected chi connectivity index (χ0v) is 14.8. The second-order valence-electron chi connectivity index (χ2n) is 5.66. The lowest BCUT2D eigenvalue weighted by Gasteiger charge is -2.08. The van der Waals surface area contributed by atoms with E-state index in [1.165, 1.54) is 0 Å². The number of carbonyl (C=O) groups excluding carboxylic acids is 2. The van der Waals surface area contributed by atoms with E-state index in [4.69, 9.17) is 4.74 Å². The number of imidazole rings is 1. The molecule has 2 rings (SSSR count). The molecule has 0 aliphatic rings. The van der Waals surface area contributed by atoms with E-state index in [9.17, 15) is 9.59 Å². The smallest absolute Gasteiger partial charge is 0.227 e. The Kier molecular flexibility index (Phi) is 6.56. The molecule has 1 aromatic heterocycles. The maximum Gasteiger partial charge on any atom is 0.227 e. The number of nitrogens with one attached hydrogen (secondary N) is 2. The number of ether oxygens (including phenoxy) is 1. The fourth-order valence-electron chi connectivity index (χ4n) is 2.34. The number of aromatic nitrogens is 2. The molecule has 0 fully saturated rings. The van der Waals surface area contributed by atoms with E-state index in [1.54, 1.807) is 17.9 Å². The molecule has 0 radical (unpaired) electrons. The zero-order valence-electron chi connectivity index (χ0n) is 14.8. The van der Waals surface area contributed by atoms with Gasteiger partial charge in [0.25, 0.3) is 0 Å². The van der Waals surface area contributed by atoms with Crippen molar-refractivity contribution in [2.75, 3.05) is 19.0 Å². The van der Waals surface area contributed by atoms with E-state index < -0.39 is 0 Å². The van der Waals surface area contributed by atoms with Crippen LogP contribution < -0.4 is 15.4 Å². The van der Waals surface area contributed by atoms with Crippen molar-refractivity contribution < 1.29 is 14.3 Å². The van der Waals surface area contributed by atoms with Crippen molar-refractivity contribution in [2.45, 2.75) is 26.2 Å². The van der Waals surface area contributed by atoms with Crippen molar-refractivity contribution in [3.63, 3.8) is 0 Å². The second kappa shape index (κ2) is 8.86. The summed E-state index contributed by atoms with van der Waals surface area (Å²) < 4.78 is 7.03. The van der Waals surface area contributed by atoms with Gasteiger partial charge in [0.05, 0.1) is 19.0 Å². The van der Waals surface area contributed by atoms with Gasteiger partial charge < -0.3 is 14.6 Å². The predicted molar refractivity (Wildman–Crippen MR) is 96.4 cm³/mol. The van der Waals surface area contributed by atoms with E-state index >= 15 is 0 Å². The van der Waals surface area contributed by atoms with Crippen LogP contribution in [0.25, 0.3) is 11.3 Å². The minimum atomic E-state index is -0.238. The number of benzene rings is 1. The van der Waals surface area contributed by atoms with Gasteiger partial charge in [-0.3, -0.25) is 14.9 Å². The van der Waals surface area contributed by atoms with Crippen molar-refractivity contribution in [1.82, 2.24) is 14.9 Å². The molecule has 0 saturated heterocycles. The van der Waals surface area contributed by atoms with Crippen molar-refractivity contribution in [2.24, 2.45) is 7.05 Å². The molecule has 134 valence electrons. The maximum atomic E-state index is 12.0. The van der Waals surface area contributed by atoms with Crippen LogP contribution in [-0.2, 0) is 16.6 Å². The number of anilines is 1. The third-order valence-electron chi connectivity index (χ3n) is 3.76. The molecule has 0 aliphatic heterocycles. The third-order valence-corrected chi connectivity index (χ3v) is 3.76. The molecule has 0 bridgehead atoms. The van der Waals surface area contributed by atoms with Crippen molar-refractivity contribution in [1.29, 1.82) is 0 Å². The first-order chi connectivity index (χ1) is 12.0. The Hall–Kier alpha value is -2.83. The Morgan fingerprint density at radius 1 is 1.24 bits per heavy atom. The molecule has 0 spiro atoms. The molecule has 2 amide bonds. The molecular formula is C18H24N4O3. The van der Waals surface area contributed by atoms with Gasteiger partial charge in [-0.1, -0.05) is 19.1 Å². The van der Waals surface area contributed by atoms with Crippen LogP contribution in [-0.4, -0.2) is 35.0 Å². The van der Waals surface area contributed by atoms with Crippen molar-refractivity contribution >= 4 is 17.8 Å². The third kappa shape index (κ3) is 5.07. The molecule has 1 heterocycles. The number of nitrogens with zero attached hydrogens (tertiary/aromatic N) is 2. The number of carbonyl (C=O) groups is 2. The number of methoxy groups -OCH3 is 1. The van der Waals surface area contributed by atoms with Gasteiger partial charge in [0.1, 0.15) is 5.75 Å². The van der Waals surface area contributed by atoms with Crippen LogP contribution in [0.3, 0.4) is 0 Å². The number of hydrogen-bond acceptors (Lipinski definition) is 4. The molecule has 0 unspecified atom stereocenters. The van der Waals surface area contributed by atoms with Gasteiger partial charge in [0.2, 0.25) is 17.8 Å². The van der Waals surface area contributed by atoms with Gasteiger partial charge in [0, 0.05) is 32.0 Å². The van der Waals surface area contributed by atoms with Crippen LogP contribution in [0.5, 0.6) is 5.75 Å². The summed E-state index contributed by atoms with van der Waals surface area (Å²) in [5.74, 6) is 0.839. The van der Waals surface area contributed by atoms with E-state index in [-0.39, 0.29) is 24.7 Å². The Morgan fingerprint density at radius 2 is 2.00 bits per heavy atom. The van der Waals surface area contributed by atoms with E-state index in [0.717, 1.165) is 23.4 Å². The topological polar surface area (TPSA) is 85.2 Å². The quantitative estimate of drug-likeness (QED) is 0.770. The van der Waals surface area contributed by atoms with E-state index in [1.807, 2.05) is 38.2 Å². The van der Waals surface area contributed by atoms with Crippen LogP contribution >= 0.6 is 0 Å². The summed E-state index contributed by atoms with van der Waals surface area (Å²) in [5.41, 5.74) is 1.80. The van der Waals surface area contributed by atoms with Crippen LogP contribution in [0.2, 0.25) is 0 Å². The first-order valence-corrected chi connectivity index (χ1v) is 8.27. The lowest BCUT2D eigenvalue weighted by atomic mass is 10.1. The number of hydrogen-bond donors (Lipinski definition) is 2. The highest BCUT2D eigenvalue weighted by molar-refractivity contribution is 5.92. The fourth-order valence-corrected chi connectivity index (χ4v) is 2.34. The lowest BCUT2D eigenvalue weighted by molar-refractivity contribution is -0.124. The summed E-state index contributed by atoms with van der Waals surface area (Å²) in [4.78, 5) is 27.8. The van der Waals surface area contributed by atoms with Crippen molar-refractivity contribution in [3.05, 3.63) is 30.5 Å². The maximum absolute atomic E-state index is 12.0. The van der Waals surface area contributed by atoms with Gasteiger partial charge in [-0.05, 0) is 18.6 Å². The minimum absolute atomic E-state index is 0.117. The summed E-state index contributed by atoms with van der Waals surface area (Å²) in [6.07, 6.45) is 2.85. The van der Waals surface area contributed by atoms with Crippen LogP contribution in [0.4, 0.5) is 5.95 Å². The van der Waals surface area contributed by atoms with Crippen LogP contribution in [0.15, 0.2) is 30.5 Å². The largest absolute Gasteiger partial charge is 0.497 e. The van der Waals surface area contributed by atoms with Gasteiger partial charge >= 0.3 is 0 Å². The van der Waals surface area contributed by atoms with E-state index in [0.29, 0.717) is 12.5 Å². The average Bonchev–Trinajstić information content (AvgIpc) is 2.98. The highest BCUT2D eigenvalue weighted by Gasteiger charge is 2.13. The Bertz CT molecular complexity index is 740. The SMILES string of the molecule is CCCNC(=O)CCC(=O)Nc1ncc(-c2cccc(OC)c2)n1C. The van der Waals surface area contributed by atoms with Gasteiger partial charge in [-0.2, -0.15) is 0 Å². The zero-order chi connectivity index (χ0) is 18.2. The molecular weight excluding hydrogens is 320 g/mol. The standard InChI is InChI=1S/C18H24N4O3/c1-4-10-19-16(23)8-9-17(24)21-18-20-12-15(22(18)2)13-6-5-7-14(11-13)25-3/h5-7,11-12H,4,8-10H2,1-3H3,(H,19,23)(H,20,21,24). The molecule has 0 aliphatic carbocycles. The Balaban J connectivity index is 1.98. The summed E-state index contributed by atoms with van der Waals surface area (Å²) >= 11 is 0. The highest BCUT2D eigenvalue weighted by atomic mass is 16.5. The van der Waals surface area contributed by atoms with Gasteiger partial charge in [-0.25, -0.2) is 4.98 Å². The first-order valence-electron chi connectivity index (χ1n) is 8.27. The molecule has 1 aromatic carbocycles. The number of amides is 2. The molecule has 0 saturated carbocycles. The summed E-state index contributed by atoms with van der Waals surface area (Å²) in [6, 6.07) is 7.62. The average molecular weight is 344 g/mol. The monoisotopic (exact) mass is 344 g/mol. The number of rotatable bonds is 8. The fraction of sp³-hybridized carbons (Fsp3) is 0.389. The molecule has 7 nitrogen and oxygen atoms in total. The summed E-state index contributed by atoms with van der Waals surface area (Å²) in [7, 11) is 3.44. The highest BCUT2D eigenvalue weighted by Crippen LogP contribution is 2.25. The van der Waals surface area contributed by atoms with Crippen molar-refractivity contribution in [3.8, 4) is 17.0 Å². The molecule has 25 heavy (non-hydrogen) atoms. The van der Waals surface area contributed by atoms with Gasteiger partial charge in [0.15, 0.2) is 0 Å². The molecule has 7 heteroatoms. The Labute approximate surface area is 147 Å².